The summed E-state index contributed by atoms with van der Waals surface area (Å²) in [5, 5.41) is 16.0. The molecule has 1 N–H and O–H groups in total. The summed E-state index contributed by atoms with van der Waals surface area (Å²) in [5.74, 6) is -0.986. The van der Waals surface area contributed by atoms with Gasteiger partial charge in [-0.2, -0.15) is 0 Å². The minimum absolute atomic E-state index is 0.257. The van der Waals surface area contributed by atoms with Crippen molar-refractivity contribution in [2.75, 3.05) is 46.2 Å². The van der Waals surface area contributed by atoms with Gasteiger partial charge in [0.05, 0.1) is 52.4 Å². The number of aliphatic carboxylic acids is 1. The average molecular weight is 303 g/mol. The molecule has 120 valence electrons. The third kappa shape index (κ3) is 9.91. The molecule has 0 saturated heterocycles. The Morgan fingerprint density at radius 2 is 1.67 bits per heavy atom. The zero-order valence-electron chi connectivity index (χ0n) is 12.1. The van der Waals surface area contributed by atoms with Crippen LogP contribution in [-0.4, -0.2) is 72.3 Å². The van der Waals surface area contributed by atoms with Crippen molar-refractivity contribution >= 4 is 5.97 Å². The lowest BCUT2D eigenvalue weighted by atomic mass is 10.5. The van der Waals surface area contributed by atoms with E-state index in [1.165, 1.54) is 0 Å². The number of aryl methyl sites for hydroxylation is 1. The molecule has 0 aliphatic carbocycles. The molecular formula is C12H21N3O6. The summed E-state index contributed by atoms with van der Waals surface area (Å²) in [6.07, 6.45) is 1.79. The number of aromatic nitrogens is 3. The van der Waals surface area contributed by atoms with E-state index in [9.17, 15) is 4.79 Å². The Bertz CT molecular complexity index is 398. The van der Waals surface area contributed by atoms with Gasteiger partial charge in [0.1, 0.15) is 12.3 Å². The van der Waals surface area contributed by atoms with Crippen LogP contribution < -0.4 is 0 Å². The number of rotatable bonds is 13. The molecule has 0 bridgehead atoms. The second-order valence-electron chi connectivity index (χ2n) is 4.11. The van der Waals surface area contributed by atoms with E-state index in [0.717, 1.165) is 5.69 Å². The molecule has 0 aliphatic heterocycles. The van der Waals surface area contributed by atoms with Gasteiger partial charge in [-0.1, -0.05) is 5.21 Å². The van der Waals surface area contributed by atoms with Gasteiger partial charge in [-0.25, -0.2) is 4.79 Å². The van der Waals surface area contributed by atoms with E-state index < -0.39 is 5.97 Å². The van der Waals surface area contributed by atoms with Crippen LogP contribution in [0, 0.1) is 0 Å². The molecule has 9 nitrogen and oxygen atoms in total. The molecular weight excluding hydrogens is 282 g/mol. The second kappa shape index (κ2) is 11.1. The lowest BCUT2D eigenvalue weighted by Crippen LogP contribution is -2.14. The zero-order chi connectivity index (χ0) is 15.3. The molecule has 0 aliphatic rings. The summed E-state index contributed by atoms with van der Waals surface area (Å²) in [4.78, 5) is 10.1. The summed E-state index contributed by atoms with van der Waals surface area (Å²) < 4.78 is 22.3. The summed E-state index contributed by atoms with van der Waals surface area (Å²) >= 11 is 0. The van der Waals surface area contributed by atoms with E-state index in [0.29, 0.717) is 39.6 Å². The van der Waals surface area contributed by atoms with Crippen LogP contribution in [0.4, 0.5) is 0 Å². The normalized spacial score (nSPS) is 10.9. The highest BCUT2D eigenvalue weighted by Gasteiger charge is 1.98. The molecule has 0 spiro atoms. The number of hydrogen-bond acceptors (Lipinski definition) is 7. The molecule has 0 fully saturated rings. The first kappa shape index (κ1) is 17.5. The fourth-order valence-electron chi connectivity index (χ4n) is 1.36. The number of nitrogens with zero attached hydrogens (tertiary/aromatic N) is 3. The van der Waals surface area contributed by atoms with Crippen molar-refractivity contribution in [2.45, 2.75) is 6.61 Å². The first-order chi connectivity index (χ1) is 10.2. The molecule has 0 radical (unpaired) electrons. The minimum atomic E-state index is -0.986. The number of carboxylic acids is 1. The van der Waals surface area contributed by atoms with Crippen LogP contribution in [0.25, 0.3) is 0 Å². The number of ether oxygens (including phenoxy) is 4. The second-order valence-corrected chi connectivity index (χ2v) is 4.11. The molecule has 0 amide bonds. The molecule has 1 heterocycles. The van der Waals surface area contributed by atoms with Gasteiger partial charge in [-0.3, -0.25) is 4.68 Å². The maximum Gasteiger partial charge on any atom is 0.329 e. The average Bonchev–Trinajstić information content (AvgIpc) is 2.85. The third-order valence-electron chi connectivity index (χ3n) is 2.24. The third-order valence-corrected chi connectivity index (χ3v) is 2.24. The summed E-state index contributed by atoms with van der Waals surface area (Å²) in [7, 11) is 1.80. The SMILES string of the molecule is Cn1cc(COCCOCCOCCOCC(=O)O)nn1. The van der Waals surface area contributed by atoms with Crippen LogP contribution in [0.2, 0.25) is 0 Å². The van der Waals surface area contributed by atoms with E-state index in [-0.39, 0.29) is 13.2 Å². The lowest BCUT2D eigenvalue weighted by Gasteiger charge is -2.06. The van der Waals surface area contributed by atoms with Crippen LogP contribution >= 0.6 is 0 Å². The van der Waals surface area contributed by atoms with Crippen molar-refractivity contribution in [1.29, 1.82) is 0 Å². The van der Waals surface area contributed by atoms with Gasteiger partial charge in [0.25, 0.3) is 0 Å². The van der Waals surface area contributed by atoms with E-state index in [2.05, 4.69) is 10.3 Å². The van der Waals surface area contributed by atoms with E-state index in [1.807, 2.05) is 0 Å². The summed E-state index contributed by atoms with van der Waals surface area (Å²) in [5.41, 5.74) is 0.780. The highest BCUT2D eigenvalue weighted by atomic mass is 16.6. The Labute approximate surface area is 122 Å². The predicted molar refractivity (Wildman–Crippen MR) is 70.8 cm³/mol. The van der Waals surface area contributed by atoms with Crippen LogP contribution in [-0.2, 0) is 37.4 Å². The first-order valence-electron chi connectivity index (χ1n) is 6.56. The Balaban J connectivity index is 1.77. The van der Waals surface area contributed by atoms with Crippen molar-refractivity contribution in [2.24, 2.45) is 7.05 Å². The van der Waals surface area contributed by atoms with Crippen LogP contribution in [0.5, 0.6) is 0 Å². The van der Waals surface area contributed by atoms with Gasteiger partial charge in [-0.05, 0) is 0 Å². The Morgan fingerprint density at radius 3 is 2.19 bits per heavy atom. The fraction of sp³-hybridized carbons (Fsp3) is 0.750. The van der Waals surface area contributed by atoms with Crippen LogP contribution in [0.1, 0.15) is 5.69 Å². The van der Waals surface area contributed by atoms with Crippen molar-refractivity contribution in [3.05, 3.63) is 11.9 Å². The van der Waals surface area contributed by atoms with E-state index in [4.69, 9.17) is 24.1 Å². The number of hydrogen-bond donors (Lipinski definition) is 1. The monoisotopic (exact) mass is 303 g/mol. The highest BCUT2D eigenvalue weighted by molar-refractivity contribution is 5.67. The maximum atomic E-state index is 10.1. The summed E-state index contributed by atoms with van der Waals surface area (Å²) in [6.45, 7) is 2.54. The van der Waals surface area contributed by atoms with Gasteiger partial charge in [-0.15, -0.1) is 5.10 Å². The van der Waals surface area contributed by atoms with Crippen molar-refractivity contribution < 1.29 is 28.8 Å². The first-order valence-corrected chi connectivity index (χ1v) is 6.56. The Kier molecular flexibility index (Phi) is 9.29. The van der Waals surface area contributed by atoms with Gasteiger partial charge >= 0.3 is 5.97 Å². The lowest BCUT2D eigenvalue weighted by molar-refractivity contribution is -0.142. The van der Waals surface area contributed by atoms with Crippen LogP contribution in [0.3, 0.4) is 0 Å². The van der Waals surface area contributed by atoms with Crippen molar-refractivity contribution in [3.63, 3.8) is 0 Å². The Morgan fingerprint density at radius 1 is 1.10 bits per heavy atom. The molecule has 0 unspecified atom stereocenters. The molecule has 0 aromatic carbocycles. The fourth-order valence-corrected chi connectivity index (χ4v) is 1.36. The molecule has 0 saturated carbocycles. The standard InChI is InChI=1S/C12H21N3O6/c1-15-8-11(13-14-15)9-20-6-4-18-2-3-19-5-7-21-10-12(16)17/h8H,2-7,9-10H2,1H3,(H,16,17). The Hall–Kier alpha value is -1.55. The predicted octanol–water partition coefficient (Wildman–Crippen LogP) is -0.534. The van der Waals surface area contributed by atoms with Crippen molar-refractivity contribution in [1.82, 2.24) is 15.0 Å². The molecule has 9 heteroatoms. The molecule has 1 aromatic heterocycles. The minimum Gasteiger partial charge on any atom is -0.480 e. The quantitative estimate of drug-likeness (QED) is 0.485. The van der Waals surface area contributed by atoms with Gasteiger partial charge in [0.2, 0.25) is 0 Å². The van der Waals surface area contributed by atoms with Crippen molar-refractivity contribution in [3.8, 4) is 0 Å². The molecule has 1 rings (SSSR count). The maximum absolute atomic E-state index is 10.1. The van der Waals surface area contributed by atoms with Gasteiger partial charge in [0.15, 0.2) is 0 Å². The van der Waals surface area contributed by atoms with E-state index in [1.54, 1.807) is 17.9 Å². The molecule has 21 heavy (non-hydrogen) atoms. The van der Waals surface area contributed by atoms with Gasteiger partial charge in [0, 0.05) is 7.05 Å². The molecule has 1 aromatic rings. The van der Waals surface area contributed by atoms with E-state index >= 15 is 0 Å². The van der Waals surface area contributed by atoms with Gasteiger partial charge < -0.3 is 24.1 Å². The zero-order valence-corrected chi connectivity index (χ0v) is 12.1. The number of carbonyl (C=O) groups is 1. The summed E-state index contributed by atoms with van der Waals surface area (Å²) in [6, 6.07) is 0. The topological polar surface area (TPSA) is 105 Å². The smallest absolute Gasteiger partial charge is 0.329 e. The number of carboxylic acid groups (broad SMARTS) is 1. The van der Waals surface area contributed by atoms with Crippen LogP contribution in [0.15, 0.2) is 6.20 Å². The molecule has 0 atom stereocenters. The highest BCUT2D eigenvalue weighted by Crippen LogP contribution is 1.94. The largest absolute Gasteiger partial charge is 0.480 e.